The Hall–Kier alpha value is 0.810. The zero-order valence-corrected chi connectivity index (χ0v) is 7.14. The third-order valence-electron chi connectivity index (χ3n) is 0.691. The van der Waals surface area contributed by atoms with Crippen molar-refractivity contribution in [3.63, 3.8) is 0 Å². The normalized spacial score (nSPS) is 17.9. The SMILES string of the molecule is CP(=O)(Cl)CCCCl. The highest BCUT2D eigenvalue weighted by Crippen LogP contribution is 2.47. The van der Waals surface area contributed by atoms with Crippen LogP contribution in [0.4, 0.5) is 0 Å². The van der Waals surface area contributed by atoms with Crippen LogP contribution in [-0.4, -0.2) is 18.7 Å². The molecule has 0 aliphatic rings. The lowest BCUT2D eigenvalue weighted by atomic mass is 10.6. The van der Waals surface area contributed by atoms with Gasteiger partial charge in [0, 0.05) is 18.7 Å². The molecule has 0 amide bonds. The molecule has 0 fully saturated rings. The maximum absolute atomic E-state index is 10.7. The minimum Gasteiger partial charge on any atom is -0.307 e. The Kier molecular flexibility index (Phi) is 4.14. The molecule has 0 radical (unpaired) electrons. The fourth-order valence-electron chi connectivity index (χ4n) is 0.342. The number of rotatable bonds is 3. The van der Waals surface area contributed by atoms with Crippen LogP contribution in [0.2, 0.25) is 0 Å². The monoisotopic (exact) mass is 174 g/mol. The van der Waals surface area contributed by atoms with Crippen molar-refractivity contribution in [2.24, 2.45) is 0 Å². The average Bonchev–Trinajstić information content (AvgIpc) is 1.59. The average molecular weight is 175 g/mol. The highest BCUT2D eigenvalue weighted by atomic mass is 35.7. The summed E-state index contributed by atoms with van der Waals surface area (Å²) in [6.07, 6.45) is 1.30. The van der Waals surface area contributed by atoms with E-state index in [-0.39, 0.29) is 0 Å². The smallest absolute Gasteiger partial charge is 0.166 e. The lowest BCUT2D eigenvalue weighted by Crippen LogP contribution is -1.82. The summed E-state index contributed by atoms with van der Waals surface area (Å²) >= 11 is 10.7. The van der Waals surface area contributed by atoms with E-state index in [1.165, 1.54) is 0 Å². The summed E-state index contributed by atoms with van der Waals surface area (Å²) in [7, 11) is 0. The van der Waals surface area contributed by atoms with E-state index in [1.807, 2.05) is 0 Å². The maximum atomic E-state index is 10.7. The molecular formula is C4H9Cl2OP. The van der Waals surface area contributed by atoms with Crippen LogP contribution in [0.25, 0.3) is 0 Å². The van der Waals surface area contributed by atoms with Crippen molar-refractivity contribution in [1.29, 1.82) is 0 Å². The van der Waals surface area contributed by atoms with E-state index in [0.29, 0.717) is 12.0 Å². The first kappa shape index (κ1) is 8.81. The molecule has 0 aliphatic heterocycles. The predicted molar refractivity (Wildman–Crippen MR) is 39.6 cm³/mol. The van der Waals surface area contributed by atoms with Gasteiger partial charge in [0.1, 0.15) is 0 Å². The molecule has 50 valence electrons. The second-order valence-corrected chi connectivity index (χ2v) is 6.69. The number of hydrogen-bond acceptors (Lipinski definition) is 1. The highest BCUT2D eigenvalue weighted by molar-refractivity contribution is 7.88. The number of halogens is 2. The number of hydrogen-bond donors (Lipinski definition) is 0. The van der Waals surface area contributed by atoms with Gasteiger partial charge in [-0.2, -0.15) is 0 Å². The van der Waals surface area contributed by atoms with Crippen LogP contribution in [0, 0.1) is 0 Å². The first-order valence-electron chi connectivity index (χ1n) is 2.38. The van der Waals surface area contributed by atoms with Gasteiger partial charge in [0.15, 0.2) is 6.49 Å². The fourth-order valence-corrected chi connectivity index (χ4v) is 1.74. The first-order chi connectivity index (χ1) is 3.56. The van der Waals surface area contributed by atoms with E-state index in [1.54, 1.807) is 6.66 Å². The topological polar surface area (TPSA) is 17.1 Å². The van der Waals surface area contributed by atoms with Gasteiger partial charge in [-0.25, -0.2) is 0 Å². The van der Waals surface area contributed by atoms with Gasteiger partial charge in [-0.15, -0.1) is 11.6 Å². The Morgan fingerprint density at radius 3 is 2.25 bits per heavy atom. The van der Waals surface area contributed by atoms with Crippen LogP contribution >= 0.6 is 29.3 Å². The molecule has 0 aliphatic carbocycles. The summed E-state index contributed by atoms with van der Waals surface area (Å²) in [5, 5.41) is 0. The molecule has 8 heavy (non-hydrogen) atoms. The molecule has 0 saturated carbocycles. The minimum atomic E-state index is -2.29. The number of alkyl halides is 1. The van der Waals surface area contributed by atoms with Crippen LogP contribution in [0.5, 0.6) is 0 Å². The molecule has 1 unspecified atom stereocenters. The lowest BCUT2D eigenvalue weighted by molar-refractivity contribution is 0.587. The molecule has 1 atom stereocenters. The minimum absolute atomic E-state index is 0.546. The standard InChI is InChI=1S/C4H9Cl2OP/c1-8(6,7)4-2-3-5/h2-4H2,1H3. The van der Waals surface area contributed by atoms with Crippen LogP contribution < -0.4 is 0 Å². The summed E-state index contributed by atoms with van der Waals surface area (Å²) in [6.45, 7) is -0.738. The second kappa shape index (κ2) is 3.76. The van der Waals surface area contributed by atoms with E-state index in [0.717, 1.165) is 6.42 Å². The summed E-state index contributed by atoms with van der Waals surface area (Å²) in [5.41, 5.74) is 0. The quantitative estimate of drug-likeness (QED) is 0.476. The van der Waals surface area contributed by atoms with Gasteiger partial charge in [-0.05, 0) is 6.42 Å². The van der Waals surface area contributed by atoms with Crippen molar-refractivity contribution < 1.29 is 4.57 Å². The Labute approximate surface area is 59.5 Å². The molecule has 0 saturated heterocycles. The Balaban J connectivity index is 3.26. The molecule has 0 rings (SSSR count). The zero-order chi connectivity index (χ0) is 6.62. The lowest BCUT2D eigenvalue weighted by Gasteiger charge is -1.98. The van der Waals surface area contributed by atoms with E-state index < -0.39 is 6.49 Å². The third-order valence-corrected chi connectivity index (χ3v) is 2.58. The van der Waals surface area contributed by atoms with Crippen LogP contribution in [0.15, 0.2) is 0 Å². The first-order valence-corrected chi connectivity index (χ1v) is 6.16. The van der Waals surface area contributed by atoms with E-state index in [9.17, 15) is 4.57 Å². The van der Waals surface area contributed by atoms with Gasteiger partial charge >= 0.3 is 0 Å². The van der Waals surface area contributed by atoms with Gasteiger partial charge in [0.2, 0.25) is 0 Å². The molecule has 4 heteroatoms. The van der Waals surface area contributed by atoms with Gasteiger partial charge in [-0.1, -0.05) is 11.2 Å². The largest absolute Gasteiger partial charge is 0.307 e. The molecular weight excluding hydrogens is 166 g/mol. The van der Waals surface area contributed by atoms with Crippen LogP contribution in [-0.2, 0) is 4.57 Å². The Bertz CT molecular complexity index is 98.2. The van der Waals surface area contributed by atoms with E-state index in [4.69, 9.17) is 22.8 Å². The highest BCUT2D eigenvalue weighted by Gasteiger charge is 2.07. The molecule has 1 nitrogen and oxygen atoms in total. The summed E-state index contributed by atoms with van der Waals surface area (Å²) in [4.78, 5) is 0. The van der Waals surface area contributed by atoms with Crippen molar-refractivity contribution in [2.75, 3.05) is 18.7 Å². The van der Waals surface area contributed by atoms with Gasteiger partial charge < -0.3 is 4.57 Å². The summed E-state index contributed by atoms with van der Waals surface area (Å²) in [6, 6.07) is 0. The van der Waals surface area contributed by atoms with E-state index in [2.05, 4.69) is 0 Å². The van der Waals surface area contributed by atoms with Gasteiger partial charge in [0.25, 0.3) is 0 Å². The van der Waals surface area contributed by atoms with Crippen molar-refractivity contribution in [3.8, 4) is 0 Å². The summed E-state index contributed by atoms with van der Waals surface area (Å²) in [5.74, 6) is 0.546. The molecule has 0 aromatic rings. The molecule has 0 N–H and O–H groups in total. The van der Waals surface area contributed by atoms with Crippen molar-refractivity contribution in [2.45, 2.75) is 6.42 Å². The van der Waals surface area contributed by atoms with Crippen molar-refractivity contribution >= 4 is 29.3 Å². The van der Waals surface area contributed by atoms with Gasteiger partial charge in [0.05, 0.1) is 0 Å². The molecule has 0 heterocycles. The van der Waals surface area contributed by atoms with Gasteiger partial charge in [-0.3, -0.25) is 0 Å². The molecule has 0 bridgehead atoms. The second-order valence-electron chi connectivity index (χ2n) is 1.75. The van der Waals surface area contributed by atoms with Crippen molar-refractivity contribution in [3.05, 3.63) is 0 Å². The van der Waals surface area contributed by atoms with E-state index >= 15 is 0 Å². The van der Waals surface area contributed by atoms with Crippen LogP contribution in [0.1, 0.15) is 6.42 Å². The zero-order valence-electron chi connectivity index (χ0n) is 4.73. The maximum Gasteiger partial charge on any atom is 0.166 e. The molecule has 0 aromatic carbocycles. The van der Waals surface area contributed by atoms with Crippen molar-refractivity contribution in [1.82, 2.24) is 0 Å². The predicted octanol–water partition coefficient (Wildman–Crippen LogP) is 2.76. The Morgan fingerprint density at radius 2 is 2.12 bits per heavy atom. The third kappa shape index (κ3) is 6.81. The molecule has 0 aromatic heterocycles. The Morgan fingerprint density at radius 1 is 1.62 bits per heavy atom. The van der Waals surface area contributed by atoms with Crippen LogP contribution in [0.3, 0.4) is 0 Å². The fraction of sp³-hybridized carbons (Fsp3) is 1.00. The molecule has 0 spiro atoms. The summed E-state index contributed by atoms with van der Waals surface area (Å²) < 4.78 is 10.7.